The van der Waals surface area contributed by atoms with Crippen LogP contribution in [0.15, 0.2) is 24.5 Å². The number of amides is 1. The van der Waals surface area contributed by atoms with Gasteiger partial charge in [-0.15, -0.1) is 0 Å². The van der Waals surface area contributed by atoms with Crippen LogP contribution in [0, 0.1) is 0 Å². The number of hydrogen-bond acceptors (Lipinski definition) is 4. The van der Waals surface area contributed by atoms with Crippen LogP contribution in [0.25, 0.3) is 0 Å². The van der Waals surface area contributed by atoms with Crippen molar-refractivity contribution in [1.82, 2.24) is 14.8 Å². The summed E-state index contributed by atoms with van der Waals surface area (Å²) in [6.07, 6.45) is 6.09. The van der Waals surface area contributed by atoms with Crippen molar-refractivity contribution in [1.29, 1.82) is 0 Å². The summed E-state index contributed by atoms with van der Waals surface area (Å²) in [7, 11) is 0. The van der Waals surface area contributed by atoms with Gasteiger partial charge < -0.3 is 9.64 Å². The van der Waals surface area contributed by atoms with Gasteiger partial charge in [-0.25, -0.2) is 0 Å². The fourth-order valence-corrected chi connectivity index (χ4v) is 2.88. The molecule has 3 heterocycles. The van der Waals surface area contributed by atoms with Crippen LogP contribution in [-0.2, 0) is 4.74 Å². The van der Waals surface area contributed by atoms with Crippen molar-refractivity contribution < 1.29 is 9.53 Å². The van der Waals surface area contributed by atoms with Crippen molar-refractivity contribution in [3.63, 3.8) is 0 Å². The number of hydrogen-bond donors (Lipinski definition) is 0. The van der Waals surface area contributed by atoms with Crippen molar-refractivity contribution >= 4 is 5.91 Å². The van der Waals surface area contributed by atoms with Crippen LogP contribution in [0.2, 0.25) is 0 Å². The molecule has 1 aromatic heterocycles. The highest BCUT2D eigenvalue weighted by Crippen LogP contribution is 2.15. The lowest BCUT2D eigenvalue weighted by Crippen LogP contribution is -2.50. The van der Waals surface area contributed by atoms with E-state index in [1.165, 1.54) is 12.8 Å². The number of nitrogens with zero attached hydrogens (tertiary/aromatic N) is 3. The molecule has 0 N–H and O–H groups in total. The third-order valence-corrected chi connectivity index (χ3v) is 4.05. The molecule has 2 aliphatic heterocycles. The largest absolute Gasteiger partial charge is 0.377 e. The van der Waals surface area contributed by atoms with E-state index in [0.717, 1.165) is 39.3 Å². The number of carbonyl (C=O) groups excluding carboxylic acids is 1. The number of rotatable bonds is 3. The molecule has 0 aromatic carbocycles. The summed E-state index contributed by atoms with van der Waals surface area (Å²) in [5.41, 5.74) is 0.681. The van der Waals surface area contributed by atoms with Crippen molar-refractivity contribution in [2.24, 2.45) is 0 Å². The van der Waals surface area contributed by atoms with Crippen molar-refractivity contribution in [2.45, 2.75) is 18.9 Å². The van der Waals surface area contributed by atoms with E-state index in [1.54, 1.807) is 18.5 Å². The summed E-state index contributed by atoms with van der Waals surface area (Å²) in [5, 5.41) is 0. The molecule has 2 aliphatic rings. The predicted molar refractivity (Wildman–Crippen MR) is 75.6 cm³/mol. The summed E-state index contributed by atoms with van der Waals surface area (Å²) in [4.78, 5) is 20.6. The molecule has 20 heavy (non-hydrogen) atoms. The van der Waals surface area contributed by atoms with Gasteiger partial charge in [-0.05, 0) is 25.0 Å². The average Bonchev–Trinajstić information content (AvgIpc) is 3.01. The molecule has 0 unspecified atom stereocenters. The molecule has 3 rings (SSSR count). The monoisotopic (exact) mass is 275 g/mol. The number of piperazine rings is 1. The van der Waals surface area contributed by atoms with E-state index in [-0.39, 0.29) is 5.91 Å². The minimum Gasteiger partial charge on any atom is -0.377 e. The lowest BCUT2D eigenvalue weighted by atomic mass is 10.2. The van der Waals surface area contributed by atoms with Gasteiger partial charge in [0.1, 0.15) is 0 Å². The smallest absolute Gasteiger partial charge is 0.255 e. The second-order valence-electron chi connectivity index (χ2n) is 5.47. The summed E-state index contributed by atoms with van der Waals surface area (Å²) in [5.74, 6) is 0.0925. The van der Waals surface area contributed by atoms with Gasteiger partial charge in [0.2, 0.25) is 0 Å². The average molecular weight is 275 g/mol. The molecule has 2 fully saturated rings. The van der Waals surface area contributed by atoms with Crippen LogP contribution in [0.4, 0.5) is 0 Å². The topological polar surface area (TPSA) is 45.7 Å². The number of pyridine rings is 1. The van der Waals surface area contributed by atoms with Gasteiger partial charge in [0, 0.05) is 51.7 Å². The van der Waals surface area contributed by atoms with Gasteiger partial charge in [-0.1, -0.05) is 0 Å². The second-order valence-corrected chi connectivity index (χ2v) is 5.47. The molecular formula is C15H21N3O2. The third kappa shape index (κ3) is 3.16. The quantitative estimate of drug-likeness (QED) is 0.826. The van der Waals surface area contributed by atoms with E-state index in [2.05, 4.69) is 9.88 Å². The van der Waals surface area contributed by atoms with E-state index < -0.39 is 0 Å². The van der Waals surface area contributed by atoms with Gasteiger partial charge in [0.15, 0.2) is 0 Å². The maximum atomic E-state index is 12.3. The lowest BCUT2D eigenvalue weighted by molar-refractivity contribution is 0.0432. The zero-order chi connectivity index (χ0) is 13.8. The van der Waals surface area contributed by atoms with E-state index in [1.807, 2.05) is 11.0 Å². The second kappa shape index (κ2) is 6.33. The zero-order valence-electron chi connectivity index (χ0n) is 11.7. The fraction of sp³-hybridized carbons (Fsp3) is 0.600. The number of aromatic nitrogens is 1. The highest BCUT2D eigenvalue weighted by atomic mass is 16.5. The molecule has 1 aromatic rings. The molecule has 0 spiro atoms. The summed E-state index contributed by atoms with van der Waals surface area (Å²) >= 11 is 0. The molecule has 0 bridgehead atoms. The number of ether oxygens (including phenoxy) is 1. The Morgan fingerprint density at radius 2 is 2.20 bits per heavy atom. The minimum absolute atomic E-state index is 0.0925. The molecule has 1 atom stereocenters. The molecule has 5 nitrogen and oxygen atoms in total. The van der Waals surface area contributed by atoms with Crippen molar-refractivity contribution in [2.75, 3.05) is 39.3 Å². The Balaban J connectivity index is 1.49. The van der Waals surface area contributed by atoms with Gasteiger partial charge in [0.25, 0.3) is 5.91 Å². The van der Waals surface area contributed by atoms with Gasteiger partial charge in [-0.2, -0.15) is 0 Å². The van der Waals surface area contributed by atoms with Gasteiger partial charge in [0.05, 0.1) is 11.7 Å². The predicted octanol–water partition coefficient (Wildman–Crippen LogP) is 1.02. The Morgan fingerprint density at radius 1 is 1.35 bits per heavy atom. The van der Waals surface area contributed by atoms with Crippen LogP contribution >= 0.6 is 0 Å². The maximum Gasteiger partial charge on any atom is 0.255 e. The molecule has 0 aliphatic carbocycles. The van der Waals surface area contributed by atoms with E-state index in [4.69, 9.17) is 4.74 Å². The first-order valence-corrected chi connectivity index (χ1v) is 7.36. The first-order valence-electron chi connectivity index (χ1n) is 7.36. The van der Waals surface area contributed by atoms with Crippen LogP contribution in [0.3, 0.4) is 0 Å². The highest BCUT2D eigenvalue weighted by molar-refractivity contribution is 5.93. The van der Waals surface area contributed by atoms with E-state index >= 15 is 0 Å². The Morgan fingerprint density at radius 3 is 2.85 bits per heavy atom. The highest BCUT2D eigenvalue weighted by Gasteiger charge is 2.25. The molecule has 0 radical (unpaired) electrons. The summed E-state index contributed by atoms with van der Waals surface area (Å²) < 4.78 is 5.67. The van der Waals surface area contributed by atoms with Gasteiger partial charge in [-0.3, -0.25) is 14.7 Å². The normalized spacial score (nSPS) is 24.0. The third-order valence-electron chi connectivity index (χ3n) is 4.05. The first kappa shape index (κ1) is 13.5. The fourth-order valence-electron chi connectivity index (χ4n) is 2.88. The molecule has 2 saturated heterocycles. The first-order chi connectivity index (χ1) is 9.83. The maximum absolute atomic E-state index is 12.3. The summed E-state index contributed by atoms with van der Waals surface area (Å²) in [6, 6.07) is 3.63. The molecule has 5 heteroatoms. The Kier molecular flexibility index (Phi) is 4.28. The zero-order valence-corrected chi connectivity index (χ0v) is 11.7. The molecular weight excluding hydrogens is 254 g/mol. The van der Waals surface area contributed by atoms with Crippen molar-refractivity contribution in [3.8, 4) is 0 Å². The van der Waals surface area contributed by atoms with Gasteiger partial charge >= 0.3 is 0 Å². The minimum atomic E-state index is 0.0925. The van der Waals surface area contributed by atoms with Crippen LogP contribution in [0.1, 0.15) is 23.2 Å². The Labute approximate surface area is 119 Å². The standard InChI is InChI=1S/C15H21N3O2/c19-15(13-3-1-5-16-11-13)18-8-6-17(7-9-18)12-14-4-2-10-20-14/h1,3,5,11,14H,2,4,6-10,12H2/t14-/m1/s1. The SMILES string of the molecule is O=C(c1cccnc1)N1CCN(C[C@H]2CCCO2)CC1. The van der Waals surface area contributed by atoms with E-state index in [0.29, 0.717) is 11.7 Å². The Hall–Kier alpha value is -1.46. The van der Waals surface area contributed by atoms with Crippen molar-refractivity contribution in [3.05, 3.63) is 30.1 Å². The van der Waals surface area contributed by atoms with Crippen LogP contribution < -0.4 is 0 Å². The van der Waals surface area contributed by atoms with Crippen LogP contribution in [-0.4, -0.2) is 66.1 Å². The molecule has 1 amide bonds. The number of carbonyl (C=O) groups is 1. The molecule has 108 valence electrons. The molecule has 0 saturated carbocycles. The summed E-state index contributed by atoms with van der Waals surface area (Å²) in [6.45, 7) is 5.37. The van der Waals surface area contributed by atoms with E-state index in [9.17, 15) is 4.79 Å². The van der Waals surface area contributed by atoms with Crippen LogP contribution in [0.5, 0.6) is 0 Å². The Bertz CT molecular complexity index is 438. The lowest BCUT2D eigenvalue weighted by Gasteiger charge is -2.35.